The highest BCUT2D eigenvalue weighted by Gasteiger charge is 2.06. The second-order valence-electron chi connectivity index (χ2n) is 12.2. The fourth-order valence-electron chi connectivity index (χ4n) is 5.51. The quantitative estimate of drug-likeness (QED) is 0.0988. The molecule has 0 aliphatic carbocycles. The van der Waals surface area contributed by atoms with Crippen LogP contribution in [0.3, 0.4) is 0 Å². The Kier molecular flexibility index (Phi) is 31.1. The molecule has 1 aromatic rings. The molecule has 1 unspecified atom stereocenters. The monoisotopic (exact) mass is 563 g/mol. The van der Waals surface area contributed by atoms with Crippen molar-refractivity contribution < 1.29 is 9.90 Å². The number of nitrogens with zero attached hydrogens (tertiary/aromatic N) is 2. The molecule has 1 atom stereocenters. The van der Waals surface area contributed by atoms with Crippen molar-refractivity contribution in [3.8, 4) is 0 Å². The summed E-state index contributed by atoms with van der Waals surface area (Å²) in [5, 5.41) is 8.52. The molecule has 1 aromatic heterocycles. The van der Waals surface area contributed by atoms with Gasteiger partial charge < -0.3 is 9.67 Å². The van der Waals surface area contributed by atoms with Crippen molar-refractivity contribution >= 4 is 5.97 Å². The van der Waals surface area contributed by atoms with Gasteiger partial charge >= 0.3 is 5.97 Å². The van der Waals surface area contributed by atoms with Gasteiger partial charge in [-0.15, -0.1) is 0 Å². The first-order valence-corrected chi connectivity index (χ1v) is 17.8. The molecule has 0 amide bonds. The summed E-state index contributed by atoms with van der Waals surface area (Å²) in [5.74, 6) is 0.174. The highest BCUT2D eigenvalue weighted by molar-refractivity contribution is 5.66. The number of carbonyl (C=O) groups is 1. The summed E-state index contributed by atoms with van der Waals surface area (Å²) in [6.45, 7) is 8.02. The molecule has 1 N–H and O–H groups in total. The van der Waals surface area contributed by atoms with Gasteiger partial charge in [0.1, 0.15) is 0 Å². The molecular formula is C36H70N2O2. The number of imidazole rings is 1. The lowest BCUT2D eigenvalue weighted by molar-refractivity contribution is -0.137. The zero-order valence-corrected chi connectivity index (χ0v) is 27.4. The number of carboxylic acids is 1. The van der Waals surface area contributed by atoms with E-state index in [4.69, 9.17) is 5.11 Å². The number of aliphatic carboxylic acids is 1. The summed E-state index contributed by atoms with van der Waals surface area (Å²) >= 11 is 0. The lowest BCUT2D eigenvalue weighted by atomic mass is 9.97. The van der Waals surface area contributed by atoms with Gasteiger partial charge in [0.2, 0.25) is 0 Å². The average molecular weight is 563 g/mol. The van der Waals surface area contributed by atoms with Crippen LogP contribution in [0.5, 0.6) is 0 Å². The van der Waals surface area contributed by atoms with E-state index < -0.39 is 5.97 Å². The third-order valence-corrected chi connectivity index (χ3v) is 8.32. The summed E-state index contributed by atoms with van der Waals surface area (Å²) in [5.41, 5.74) is 0. The van der Waals surface area contributed by atoms with E-state index in [1.54, 1.807) is 0 Å². The summed E-state index contributed by atoms with van der Waals surface area (Å²) in [7, 11) is 0. The van der Waals surface area contributed by atoms with Crippen molar-refractivity contribution in [2.45, 2.75) is 201 Å². The first-order chi connectivity index (χ1) is 19.6. The topological polar surface area (TPSA) is 55.1 Å². The van der Waals surface area contributed by atoms with Gasteiger partial charge in [0.15, 0.2) is 0 Å². The number of aromatic nitrogens is 2. The van der Waals surface area contributed by atoms with Crippen LogP contribution in [0, 0.1) is 5.92 Å². The van der Waals surface area contributed by atoms with Crippen molar-refractivity contribution in [3.05, 3.63) is 18.7 Å². The van der Waals surface area contributed by atoms with Crippen molar-refractivity contribution in [1.82, 2.24) is 9.55 Å². The number of hydrogen-bond donors (Lipinski definition) is 1. The highest BCUT2D eigenvalue weighted by atomic mass is 16.4. The van der Waals surface area contributed by atoms with Gasteiger partial charge in [-0.1, -0.05) is 175 Å². The Balaban J connectivity index is 0.000000760. The molecule has 0 saturated carbocycles. The van der Waals surface area contributed by atoms with Gasteiger partial charge in [0.25, 0.3) is 0 Å². The third-order valence-electron chi connectivity index (χ3n) is 8.32. The maximum atomic E-state index is 10.3. The fourth-order valence-corrected chi connectivity index (χ4v) is 5.51. The number of rotatable bonds is 29. The van der Waals surface area contributed by atoms with Crippen LogP contribution >= 0.6 is 0 Å². The summed E-state index contributed by atoms with van der Waals surface area (Å²) in [6.07, 6.45) is 41.6. The van der Waals surface area contributed by atoms with E-state index in [1.807, 2.05) is 12.5 Å². The van der Waals surface area contributed by atoms with Crippen molar-refractivity contribution in [3.63, 3.8) is 0 Å². The van der Waals surface area contributed by atoms with Crippen LogP contribution in [0.15, 0.2) is 18.7 Å². The van der Waals surface area contributed by atoms with Crippen LogP contribution in [0.25, 0.3) is 0 Å². The number of unbranched alkanes of at least 4 members (excludes halogenated alkanes) is 22. The molecule has 0 aromatic carbocycles. The van der Waals surface area contributed by atoms with Crippen molar-refractivity contribution in [2.75, 3.05) is 0 Å². The minimum absolute atomic E-state index is 0.345. The van der Waals surface area contributed by atoms with Crippen LogP contribution in [0.2, 0.25) is 0 Å². The molecule has 0 bridgehead atoms. The van der Waals surface area contributed by atoms with E-state index in [0.717, 1.165) is 25.3 Å². The smallest absolute Gasteiger partial charge is 0.303 e. The Bertz CT molecular complexity index is 602. The van der Waals surface area contributed by atoms with E-state index in [2.05, 4.69) is 36.5 Å². The Morgan fingerprint density at radius 2 is 1.02 bits per heavy atom. The first-order valence-electron chi connectivity index (χ1n) is 17.8. The second-order valence-corrected chi connectivity index (χ2v) is 12.2. The predicted molar refractivity (Wildman–Crippen MR) is 175 cm³/mol. The van der Waals surface area contributed by atoms with Crippen LogP contribution in [0.1, 0.15) is 194 Å². The molecule has 1 rings (SSSR count). The predicted octanol–water partition coefficient (Wildman–Crippen LogP) is 12.2. The van der Waals surface area contributed by atoms with E-state index in [1.165, 1.54) is 154 Å². The molecular weight excluding hydrogens is 492 g/mol. The van der Waals surface area contributed by atoms with E-state index >= 15 is 0 Å². The maximum absolute atomic E-state index is 10.3. The molecule has 4 nitrogen and oxygen atoms in total. The normalized spacial score (nSPS) is 11.8. The van der Waals surface area contributed by atoms with Gasteiger partial charge in [-0.2, -0.15) is 0 Å². The molecule has 0 aliphatic heterocycles. The fraction of sp³-hybridized carbons (Fsp3) is 0.889. The summed E-state index contributed by atoms with van der Waals surface area (Å²) in [6, 6.07) is 0. The van der Waals surface area contributed by atoms with Gasteiger partial charge in [-0.25, -0.2) is 4.98 Å². The van der Waals surface area contributed by atoms with E-state index in [0.29, 0.717) is 6.42 Å². The Morgan fingerprint density at radius 1 is 0.625 bits per heavy atom. The third kappa shape index (κ3) is 29.7. The van der Waals surface area contributed by atoms with Gasteiger partial charge in [0, 0.05) is 25.4 Å². The molecule has 40 heavy (non-hydrogen) atoms. The Hall–Kier alpha value is -1.32. The van der Waals surface area contributed by atoms with Crippen LogP contribution < -0.4 is 0 Å². The van der Waals surface area contributed by atoms with Crippen molar-refractivity contribution in [2.24, 2.45) is 5.92 Å². The number of carboxylic acid groups (broad SMARTS) is 1. The highest BCUT2D eigenvalue weighted by Crippen LogP contribution is 2.18. The van der Waals surface area contributed by atoms with Gasteiger partial charge in [-0.3, -0.25) is 4.79 Å². The summed E-state index contributed by atoms with van der Waals surface area (Å²) in [4.78, 5) is 14.5. The van der Waals surface area contributed by atoms with Crippen molar-refractivity contribution in [1.29, 1.82) is 0 Å². The molecule has 0 radical (unpaired) electrons. The minimum Gasteiger partial charge on any atom is -0.481 e. The largest absolute Gasteiger partial charge is 0.481 e. The van der Waals surface area contributed by atoms with Gasteiger partial charge in [0.05, 0.1) is 6.33 Å². The molecule has 1 heterocycles. The van der Waals surface area contributed by atoms with Gasteiger partial charge in [-0.05, 0) is 18.8 Å². The number of hydrogen-bond acceptors (Lipinski definition) is 2. The lowest BCUT2D eigenvalue weighted by Crippen LogP contribution is -2.08. The molecule has 0 saturated heterocycles. The van der Waals surface area contributed by atoms with Crippen LogP contribution in [-0.2, 0) is 11.3 Å². The van der Waals surface area contributed by atoms with Crippen LogP contribution in [-0.4, -0.2) is 20.6 Å². The van der Waals surface area contributed by atoms with E-state index in [-0.39, 0.29) is 0 Å². The SMILES string of the molecule is CCCCCCCCCCCC(CC)Cn1ccnc1.CCCCCCCCCCCCCCCCCC(=O)O. The lowest BCUT2D eigenvalue weighted by Gasteiger charge is -2.15. The molecule has 4 heteroatoms. The molecule has 236 valence electrons. The summed E-state index contributed by atoms with van der Waals surface area (Å²) < 4.78 is 2.22. The zero-order valence-electron chi connectivity index (χ0n) is 27.4. The molecule has 0 aliphatic rings. The Labute approximate surface area is 250 Å². The van der Waals surface area contributed by atoms with E-state index in [9.17, 15) is 4.79 Å². The zero-order chi connectivity index (χ0) is 29.4. The minimum atomic E-state index is -0.653. The molecule has 0 spiro atoms. The molecule has 0 fully saturated rings. The average Bonchev–Trinajstić information content (AvgIpc) is 3.47. The van der Waals surface area contributed by atoms with Crippen LogP contribution in [0.4, 0.5) is 0 Å². The first kappa shape index (κ1) is 38.7. The Morgan fingerprint density at radius 3 is 1.38 bits per heavy atom. The standard InChI is InChI=1S/C18H34N2.C18H36O2/c1-3-5-6-7-8-9-10-11-12-13-18(4-2)16-20-15-14-19-17-20;1-2-3-4-5-6-7-8-9-10-11-12-13-14-15-16-17-18(19)20/h14-15,17-18H,3-13,16H2,1-2H3;2-17H2,1H3,(H,19,20). The maximum Gasteiger partial charge on any atom is 0.303 e. The second kappa shape index (κ2) is 32.2.